The van der Waals surface area contributed by atoms with Crippen LogP contribution >= 0.6 is 0 Å². The van der Waals surface area contributed by atoms with Gasteiger partial charge in [0, 0.05) is 24.7 Å². The van der Waals surface area contributed by atoms with E-state index in [4.69, 9.17) is 13.9 Å². The maximum Gasteiger partial charge on any atom is 0.231 e. The maximum absolute atomic E-state index is 12.1. The lowest BCUT2D eigenvalue weighted by Gasteiger charge is -2.18. The quantitative estimate of drug-likeness (QED) is 0.851. The van der Waals surface area contributed by atoms with Gasteiger partial charge >= 0.3 is 0 Å². The number of carbonyl (C=O) groups excluding carboxylic acids is 1. The topological polar surface area (TPSA) is 63.9 Å². The molecule has 0 saturated carbocycles. The van der Waals surface area contributed by atoms with E-state index in [0.29, 0.717) is 36.7 Å². The zero-order chi connectivity index (χ0) is 16.1. The van der Waals surface area contributed by atoms with Gasteiger partial charge in [-0.25, -0.2) is 0 Å². The molecule has 0 fully saturated rings. The van der Waals surface area contributed by atoms with E-state index in [1.165, 1.54) is 0 Å². The Morgan fingerprint density at radius 2 is 2.13 bits per heavy atom. The van der Waals surface area contributed by atoms with Gasteiger partial charge in [-0.1, -0.05) is 6.92 Å². The number of nitrogens with one attached hydrogen (secondary N) is 1. The highest BCUT2D eigenvalue weighted by atomic mass is 16.7. The normalized spacial score (nSPS) is 12.6. The zero-order valence-corrected chi connectivity index (χ0v) is 13.1. The first kappa shape index (κ1) is 15.4. The van der Waals surface area contributed by atoms with Crippen molar-refractivity contribution in [3.05, 3.63) is 42.4 Å². The Morgan fingerprint density at radius 1 is 1.26 bits per heavy atom. The lowest BCUT2D eigenvalue weighted by molar-refractivity contribution is -0.116. The number of rotatable bonds is 7. The third kappa shape index (κ3) is 4.04. The molecule has 122 valence electrons. The summed E-state index contributed by atoms with van der Waals surface area (Å²) in [5.74, 6) is 2.25. The van der Waals surface area contributed by atoms with Crippen LogP contribution in [0.5, 0.6) is 11.5 Å². The lowest BCUT2D eigenvalue weighted by Crippen LogP contribution is -2.27. The van der Waals surface area contributed by atoms with E-state index in [2.05, 4.69) is 17.1 Å². The first-order valence-electron chi connectivity index (χ1n) is 7.69. The monoisotopic (exact) mass is 316 g/mol. The average Bonchev–Trinajstić information content (AvgIpc) is 3.22. The van der Waals surface area contributed by atoms with E-state index in [1.807, 2.05) is 18.2 Å². The summed E-state index contributed by atoms with van der Waals surface area (Å²) in [6.07, 6.45) is 2.08. The molecule has 6 heteroatoms. The van der Waals surface area contributed by atoms with Crippen LogP contribution in [0.1, 0.15) is 19.1 Å². The van der Waals surface area contributed by atoms with E-state index >= 15 is 0 Å². The Kier molecular flexibility index (Phi) is 4.83. The van der Waals surface area contributed by atoms with Crippen LogP contribution in [0.25, 0.3) is 0 Å². The molecule has 0 radical (unpaired) electrons. The largest absolute Gasteiger partial charge is 0.468 e. The van der Waals surface area contributed by atoms with Crippen molar-refractivity contribution >= 4 is 11.6 Å². The van der Waals surface area contributed by atoms with Gasteiger partial charge < -0.3 is 19.2 Å². The van der Waals surface area contributed by atoms with Gasteiger partial charge in [-0.05, 0) is 30.8 Å². The molecule has 0 bridgehead atoms. The second-order valence-corrected chi connectivity index (χ2v) is 5.31. The van der Waals surface area contributed by atoms with E-state index in [-0.39, 0.29) is 12.7 Å². The number of carbonyl (C=O) groups is 1. The van der Waals surface area contributed by atoms with Crippen LogP contribution in [0.2, 0.25) is 0 Å². The highest BCUT2D eigenvalue weighted by Gasteiger charge is 2.14. The molecular weight excluding hydrogens is 296 g/mol. The molecule has 1 aromatic carbocycles. The van der Waals surface area contributed by atoms with Crippen LogP contribution in [0.3, 0.4) is 0 Å². The van der Waals surface area contributed by atoms with Crippen molar-refractivity contribution in [2.75, 3.05) is 25.2 Å². The standard InChI is InChI=1S/C17H20N2O4/c1-2-19(11-14-4-3-9-21-14)8-7-17(20)18-13-5-6-15-16(10-13)23-12-22-15/h3-6,9-10H,2,7-8,11-12H2,1H3,(H,18,20). The molecular formula is C17H20N2O4. The van der Waals surface area contributed by atoms with Crippen molar-refractivity contribution in [1.29, 1.82) is 0 Å². The molecule has 1 N–H and O–H groups in total. The van der Waals surface area contributed by atoms with Crippen molar-refractivity contribution in [3.63, 3.8) is 0 Å². The van der Waals surface area contributed by atoms with Crippen molar-refractivity contribution < 1.29 is 18.7 Å². The third-order valence-electron chi connectivity index (χ3n) is 3.72. The second kappa shape index (κ2) is 7.19. The van der Waals surface area contributed by atoms with Crippen LogP contribution in [-0.4, -0.2) is 30.7 Å². The zero-order valence-electron chi connectivity index (χ0n) is 13.1. The number of amides is 1. The Balaban J connectivity index is 1.48. The summed E-state index contributed by atoms with van der Waals surface area (Å²) in [4.78, 5) is 14.3. The summed E-state index contributed by atoms with van der Waals surface area (Å²) in [6.45, 7) is 4.54. The number of hydrogen-bond donors (Lipinski definition) is 1. The maximum atomic E-state index is 12.1. The summed E-state index contributed by atoms with van der Waals surface area (Å²) >= 11 is 0. The van der Waals surface area contributed by atoms with Crippen molar-refractivity contribution in [1.82, 2.24) is 4.90 Å². The smallest absolute Gasteiger partial charge is 0.231 e. The number of anilines is 1. The molecule has 1 amide bonds. The molecule has 0 saturated heterocycles. The number of benzene rings is 1. The van der Waals surface area contributed by atoms with Gasteiger partial charge in [-0.2, -0.15) is 0 Å². The highest BCUT2D eigenvalue weighted by Crippen LogP contribution is 2.34. The fraction of sp³-hybridized carbons (Fsp3) is 0.353. The van der Waals surface area contributed by atoms with Crippen LogP contribution < -0.4 is 14.8 Å². The fourth-order valence-electron chi connectivity index (χ4n) is 2.43. The summed E-state index contributed by atoms with van der Waals surface area (Å²) in [5.41, 5.74) is 0.716. The van der Waals surface area contributed by atoms with Crippen LogP contribution in [0.15, 0.2) is 41.0 Å². The predicted molar refractivity (Wildman–Crippen MR) is 85.5 cm³/mol. The Labute approximate surface area is 135 Å². The van der Waals surface area contributed by atoms with Crippen molar-refractivity contribution in [2.45, 2.75) is 19.9 Å². The number of hydrogen-bond acceptors (Lipinski definition) is 5. The predicted octanol–water partition coefficient (Wildman–Crippen LogP) is 2.86. The Bertz CT molecular complexity index is 655. The third-order valence-corrected chi connectivity index (χ3v) is 3.72. The molecule has 1 aliphatic rings. The molecule has 1 aliphatic heterocycles. The fourth-order valence-corrected chi connectivity index (χ4v) is 2.43. The van der Waals surface area contributed by atoms with Gasteiger partial charge in [0.1, 0.15) is 5.76 Å². The van der Waals surface area contributed by atoms with E-state index in [9.17, 15) is 4.79 Å². The molecule has 2 heterocycles. The van der Waals surface area contributed by atoms with Gasteiger partial charge in [0.05, 0.1) is 12.8 Å². The first-order chi connectivity index (χ1) is 11.2. The van der Waals surface area contributed by atoms with E-state index < -0.39 is 0 Å². The molecule has 0 aliphatic carbocycles. The van der Waals surface area contributed by atoms with Gasteiger partial charge in [0.2, 0.25) is 12.7 Å². The van der Waals surface area contributed by atoms with Crippen molar-refractivity contribution in [2.24, 2.45) is 0 Å². The van der Waals surface area contributed by atoms with Gasteiger partial charge in [0.15, 0.2) is 11.5 Å². The summed E-state index contributed by atoms with van der Waals surface area (Å²) in [6, 6.07) is 9.20. The SMILES string of the molecule is CCN(CCC(=O)Nc1ccc2c(c1)OCO2)Cc1ccco1. The highest BCUT2D eigenvalue weighted by molar-refractivity contribution is 5.91. The van der Waals surface area contributed by atoms with Gasteiger partial charge in [-0.3, -0.25) is 9.69 Å². The average molecular weight is 316 g/mol. The molecule has 0 atom stereocenters. The Morgan fingerprint density at radius 3 is 2.91 bits per heavy atom. The van der Waals surface area contributed by atoms with Crippen molar-refractivity contribution in [3.8, 4) is 11.5 Å². The molecule has 3 rings (SSSR count). The van der Waals surface area contributed by atoms with E-state index in [1.54, 1.807) is 18.4 Å². The number of nitrogens with zero attached hydrogens (tertiary/aromatic N) is 1. The van der Waals surface area contributed by atoms with Crippen LogP contribution in [0, 0.1) is 0 Å². The lowest BCUT2D eigenvalue weighted by atomic mass is 10.2. The molecule has 2 aromatic rings. The second-order valence-electron chi connectivity index (χ2n) is 5.31. The minimum Gasteiger partial charge on any atom is -0.468 e. The summed E-state index contributed by atoms with van der Waals surface area (Å²) in [5, 5.41) is 2.89. The summed E-state index contributed by atoms with van der Waals surface area (Å²) in [7, 11) is 0. The molecule has 0 spiro atoms. The molecule has 6 nitrogen and oxygen atoms in total. The Hall–Kier alpha value is -2.47. The minimum atomic E-state index is -0.0261. The number of ether oxygens (including phenoxy) is 2. The first-order valence-corrected chi connectivity index (χ1v) is 7.69. The molecule has 0 unspecified atom stereocenters. The molecule has 23 heavy (non-hydrogen) atoms. The molecule has 1 aromatic heterocycles. The van der Waals surface area contributed by atoms with E-state index in [0.717, 1.165) is 12.3 Å². The van der Waals surface area contributed by atoms with Gasteiger partial charge in [-0.15, -0.1) is 0 Å². The minimum absolute atomic E-state index is 0.0261. The number of furan rings is 1. The number of fused-ring (bicyclic) bond motifs is 1. The van der Waals surface area contributed by atoms with Crippen LogP contribution in [0.4, 0.5) is 5.69 Å². The summed E-state index contributed by atoms with van der Waals surface area (Å²) < 4.78 is 15.9. The van der Waals surface area contributed by atoms with Crippen LogP contribution in [-0.2, 0) is 11.3 Å². The van der Waals surface area contributed by atoms with Gasteiger partial charge in [0.25, 0.3) is 0 Å².